The SMILES string of the molecule is CC(NCc1ccc(C#N)cc1)C(=O)N1CCCCC1.Cl. The van der Waals surface area contributed by atoms with E-state index in [1.807, 2.05) is 24.0 Å². The van der Waals surface area contributed by atoms with E-state index in [1.54, 1.807) is 12.1 Å². The number of halogens is 1. The van der Waals surface area contributed by atoms with Crippen LogP contribution in [0.5, 0.6) is 0 Å². The van der Waals surface area contributed by atoms with E-state index >= 15 is 0 Å². The maximum atomic E-state index is 12.2. The lowest BCUT2D eigenvalue weighted by Crippen LogP contribution is -2.46. The quantitative estimate of drug-likeness (QED) is 0.929. The molecule has 0 aliphatic carbocycles. The van der Waals surface area contributed by atoms with Gasteiger partial charge in [0.2, 0.25) is 5.91 Å². The number of carbonyl (C=O) groups excluding carboxylic acids is 1. The Balaban J connectivity index is 0.00000220. The van der Waals surface area contributed by atoms with Crippen LogP contribution in [-0.4, -0.2) is 29.9 Å². The zero-order valence-electron chi connectivity index (χ0n) is 12.3. The van der Waals surface area contributed by atoms with Gasteiger partial charge in [-0.2, -0.15) is 5.26 Å². The number of likely N-dealkylation sites (tertiary alicyclic amines) is 1. The molecule has 21 heavy (non-hydrogen) atoms. The van der Waals surface area contributed by atoms with Crippen molar-refractivity contribution in [1.29, 1.82) is 5.26 Å². The molecule has 114 valence electrons. The molecule has 1 heterocycles. The molecular formula is C16H22ClN3O. The summed E-state index contributed by atoms with van der Waals surface area (Å²) in [6.45, 7) is 4.34. The van der Waals surface area contributed by atoms with Gasteiger partial charge in [-0.05, 0) is 43.9 Å². The number of rotatable bonds is 4. The molecule has 1 unspecified atom stereocenters. The summed E-state index contributed by atoms with van der Waals surface area (Å²) in [6, 6.07) is 9.38. The van der Waals surface area contributed by atoms with E-state index in [-0.39, 0.29) is 24.4 Å². The van der Waals surface area contributed by atoms with Crippen molar-refractivity contribution in [2.24, 2.45) is 0 Å². The Morgan fingerprint density at radius 3 is 2.48 bits per heavy atom. The third kappa shape index (κ3) is 5.04. The third-order valence-corrected chi connectivity index (χ3v) is 3.73. The molecule has 5 heteroatoms. The fourth-order valence-corrected chi connectivity index (χ4v) is 2.44. The van der Waals surface area contributed by atoms with Gasteiger partial charge in [0.25, 0.3) is 0 Å². The van der Waals surface area contributed by atoms with Crippen molar-refractivity contribution in [3.63, 3.8) is 0 Å². The highest BCUT2D eigenvalue weighted by Gasteiger charge is 2.21. The summed E-state index contributed by atoms with van der Waals surface area (Å²) >= 11 is 0. The largest absolute Gasteiger partial charge is 0.341 e. The highest BCUT2D eigenvalue weighted by molar-refractivity contribution is 5.85. The Hall–Kier alpha value is -1.57. The van der Waals surface area contributed by atoms with Gasteiger partial charge in [0, 0.05) is 19.6 Å². The smallest absolute Gasteiger partial charge is 0.239 e. The number of hydrogen-bond acceptors (Lipinski definition) is 3. The van der Waals surface area contributed by atoms with Crippen molar-refractivity contribution in [1.82, 2.24) is 10.2 Å². The Morgan fingerprint density at radius 1 is 1.29 bits per heavy atom. The minimum Gasteiger partial charge on any atom is -0.341 e. The van der Waals surface area contributed by atoms with Gasteiger partial charge in [0.05, 0.1) is 17.7 Å². The van der Waals surface area contributed by atoms with E-state index < -0.39 is 0 Å². The molecule has 1 N–H and O–H groups in total. The van der Waals surface area contributed by atoms with Crippen LogP contribution >= 0.6 is 12.4 Å². The summed E-state index contributed by atoms with van der Waals surface area (Å²) in [5.74, 6) is 0.193. The molecule has 2 rings (SSSR count). The lowest BCUT2D eigenvalue weighted by molar-refractivity contribution is -0.133. The maximum Gasteiger partial charge on any atom is 0.239 e. The molecule has 1 aromatic rings. The summed E-state index contributed by atoms with van der Waals surface area (Å²) in [5, 5.41) is 12.0. The van der Waals surface area contributed by atoms with Gasteiger partial charge in [-0.3, -0.25) is 4.79 Å². The summed E-state index contributed by atoms with van der Waals surface area (Å²) in [5.41, 5.74) is 1.74. The molecule has 0 saturated carbocycles. The van der Waals surface area contributed by atoms with Gasteiger partial charge >= 0.3 is 0 Å². The molecular weight excluding hydrogens is 286 g/mol. The topological polar surface area (TPSA) is 56.1 Å². The summed E-state index contributed by atoms with van der Waals surface area (Å²) in [6.07, 6.45) is 3.47. The van der Waals surface area contributed by atoms with Gasteiger partial charge in [-0.15, -0.1) is 12.4 Å². The highest BCUT2D eigenvalue weighted by atomic mass is 35.5. The van der Waals surface area contributed by atoms with E-state index in [1.165, 1.54) is 6.42 Å². The van der Waals surface area contributed by atoms with E-state index in [9.17, 15) is 4.79 Å². The first-order valence-corrected chi connectivity index (χ1v) is 7.22. The zero-order valence-corrected chi connectivity index (χ0v) is 13.2. The van der Waals surface area contributed by atoms with Crippen molar-refractivity contribution in [3.05, 3.63) is 35.4 Å². The Morgan fingerprint density at radius 2 is 1.90 bits per heavy atom. The van der Waals surface area contributed by atoms with Crippen molar-refractivity contribution in [2.75, 3.05) is 13.1 Å². The van der Waals surface area contributed by atoms with E-state index in [0.29, 0.717) is 12.1 Å². The number of amides is 1. The van der Waals surface area contributed by atoms with Crippen molar-refractivity contribution in [3.8, 4) is 6.07 Å². The van der Waals surface area contributed by atoms with Crippen LogP contribution in [0, 0.1) is 11.3 Å². The summed E-state index contributed by atoms with van der Waals surface area (Å²) in [7, 11) is 0. The number of piperidine rings is 1. The van der Waals surface area contributed by atoms with Crippen LogP contribution in [0.2, 0.25) is 0 Å². The number of benzene rings is 1. The first kappa shape index (κ1) is 17.5. The summed E-state index contributed by atoms with van der Waals surface area (Å²) < 4.78 is 0. The predicted molar refractivity (Wildman–Crippen MR) is 85.1 cm³/mol. The second-order valence-corrected chi connectivity index (χ2v) is 5.30. The first-order chi connectivity index (χ1) is 9.70. The van der Waals surface area contributed by atoms with Crippen LogP contribution in [0.3, 0.4) is 0 Å². The number of nitriles is 1. The van der Waals surface area contributed by atoms with Crippen LogP contribution in [0.15, 0.2) is 24.3 Å². The number of nitrogens with zero attached hydrogens (tertiary/aromatic N) is 2. The monoisotopic (exact) mass is 307 g/mol. The molecule has 4 nitrogen and oxygen atoms in total. The van der Waals surface area contributed by atoms with Gasteiger partial charge in [0.1, 0.15) is 0 Å². The molecule has 0 spiro atoms. The van der Waals surface area contributed by atoms with Crippen LogP contribution in [0.25, 0.3) is 0 Å². The van der Waals surface area contributed by atoms with Crippen LogP contribution in [0.1, 0.15) is 37.3 Å². The van der Waals surface area contributed by atoms with Gasteiger partial charge in [-0.25, -0.2) is 0 Å². The Labute approximate surface area is 132 Å². The molecule has 1 aromatic carbocycles. The van der Waals surface area contributed by atoms with Crippen molar-refractivity contribution in [2.45, 2.75) is 38.8 Å². The molecule has 1 fully saturated rings. The Bertz CT molecular complexity index is 489. The lowest BCUT2D eigenvalue weighted by Gasteiger charge is -2.29. The van der Waals surface area contributed by atoms with Gasteiger partial charge in [-0.1, -0.05) is 12.1 Å². The molecule has 0 radical (unpaired) electrons. The van der Waals surface area contributed by atoms with Crippen LogP contribution in [0.4, 0.5) is 0 Å². The fourth-order valence-electron chi connectivity index (χ4n) is 2.44. The standard InChI is InChI=1S/C16H21N3O.ClH/c1-13(16(20)19-9-3-2-4-10-19)18-12-15-7-5-14(11-17)6-8-15;/h5-8,13,18H,2-4,9-10,12H2,1H3;1H. The van der Waals surface area contributed by atoms with Crippen LogP contribution in [-0.2, 0) is 11.3 Å². The number of carbonyl (C=O) groups is 1. The average Bonchev–Trinajstić information content (AvgIpc) is 2.53. The lowest BCUT2D eigenvalue weighted by atomic mass is 10.1. The zero-order chi connectivity index (χ0) is 14.4. The van der Waals surface area contributed by atoms with E-state index in [4.69, 9.17) is 5.26 Å². The minimum absolute atomic E-state index is 0. The first-order valence-electron chi connectivity index (χ1n) is 7.22. The van der Waals surface area contributed by atoms with Crippen molar-refractivity contribution < 1.29 is 4.79 Å². The molecule has 1 atom stereocenters. The summed E-state index contributed by atoms with van der Waals surface area (Å²) in [4.78, 5) is 14.2. The normalized spacial score (nSPS) is 15.7. The van der Waals surface area contributed by atoms with Crippen LogP contribution < -0.4 is 5.32 Å². The highest BCUT2D eigenvalue weighted by Crippen LogP contribution is 2.10. The molecule has 1 amide bonds. The molecule has 1 saturated heterocycles. The second kappa shape index (κ2) is 8.66. The number of nitrogens with one attached hydrogen (secondary N) is 1. The van der Waals surface area contributed by atoms with E-state index in [0.717, 1.165) is 31.5 Å². The van der Waals surface area contributed by atoms with Gasteiger partial charge in [0.15, 0.2) is 0 Å². The minimum atomic E-state index is -0.163. The predicted octanol–water partition coefficient (Wildman–Crippen LogP) is 2.47. The third-order valence-electron chi connectivity index (χ3n) is 3.73. The number of hydrogen-bond donors (Lipinski definition) is 1. The fraction of sp³-hybridized carbons (Fsp3) is 0.500. The Kier molecular flexibility index (Phi) is 7.21. The van der Waals surface area contributed by atoms with Crippen molar-refractivity contribution >= 4 is 18.3 Å². The van der Waals surface area contributed by atoms with E-state index in [2.05, 4.69) is 11.4 Å². The molecule has 1 aliphatic heterocycles. The molecule has 0 bridgehead atoms. The van der Waals surface area contributed by atoms with Gasteiger partial charge < -0.3 is 10.2 Å². The average molecular weight is 308 g/mol. The molecule has 0 aromatic heterocycles. The second-order valence-electron chi connectivity index (χ2n) is 5.30. The maximum absolute atomic E-state index is 12.2. The molecule has 1 aliphatic rings.